The Bertz CT molecular complexity index is 605. The number of halogens is 1. The second-order valence-corrected chi connectivity index (χ2v) is 6.60. The van der Waals surface area contributed by atoms with E-state index in [1.807, 2.05) is 12.1 Å². The summed E-state index contributed by atoms with van der Waals surface area (Å²) in [6.45, 7) is 1.91. The molecule has 2 fully saturated rings. The minimum Gasteiger partial charge on any atom is -0.374 e. The number of piperidine rings is 2. The van der Waals surface area contributed by atoms with Gasteiger partial charge in [0.25, 0.3) is 0 Å². The van der Waals surface area contributed by atoms with E-state index in [1.54, 1.807) is 6.07 Å². The molecule has 1 unspecified atom stereocenters. The minimum absolute atomic E-state index is 0.241. The van der Waals surface area contributed by atoms with Crippen molar-refractivity contribution in [2.24, 2.45) is 0 Å². The number of nitrogens with one attached hydrogen (secondary N) is 3. The van der Waals surface area contributed by atoms with E-state index in [0.717, 1.165) is 31.5 Å². The van der Waals surface area contributed by atoms with Gasteiger partial charge in [0.1, 0.15) is 6.04 Å². The van der Waals surface area contributed by atoms with E-state index in [4.69, 9.17) is 0 Å². The van der Waals surface area contributed by atoms with Crippen molar-refractivity contribution in [2.45, 2.75) is 42.5 Å². The molecular formula is C16H20FN3O2S. The molecule has 23 heavy (non-hydrogen) atoms. The van der Waals surface area contributed by atoms with Crippen LogP contribution in [0.25, 0.3) is 0 Å². The van der Waals surface area contributed by atoms with E-state index >= 15 is 0 Å². The number of amides is 2. The van der Waals surface area contributed by atoms with Crippen molar-refractivity contribution >= 4 is 29.6 Å². The van der Waals surface area contributed by atoms with Crippen LogP contribution in [-0.4, -0.2) is 30.9 Å². The predicted octanol–water partition coefficient (Wildman–Crippen LogP) is 2.35. The second kappa shape index (κ2) is 7.31. The van der Waals surface area contributed by atoms with Crippen LogP contribution in [0, 0.1) is 0 Å². The molecule has 0 saturated carbocycles. The second-order valence-electron chi connectivity index (χ2n) is 6.00. The molecule has 124 valence electrons. The Morgan fingerprint density at radius 2 is 1.96 bits per heavy atom. The molecule has 7 heteroatoms. The summed E-state index contributed by atoms with van der Waals surface area (Å²) in [6.07, 6.45) is 2.79. The third kappa shape index (κ3) is 3.84. The van der Waals surface area contributed by atoms with Crippen LogP contribution in [0.5, 0.6) is 0 Å². The van der Waals surface area contributed by atoms with Crippen molar-refractivity contribution in [2.75, 3.05) is 18.4 Å². The minimum atomic E-state index is -0.449. The SMILES string of the molecule is O=C1CCC(Nc2ccc(C3CCNCC3)c(SF)c2)C(=O)N1. The van der Waals surface area contributed by atoms with Crippen molar-refractivity contribution in [1.82, 2.24) is 10.6 Å². The monoisotopic (exact) mass is 337 g/mol. The fraction of sp³-hybridized carbons (Fsp3) is 0.500. The summed E-state index contributed by atoms with van der Waals surface area (Å²) in [5.74, 6) is -0.188. The van der Waals surface area contributed by atoms with E-state index in [2.05, 4.69) is 16.0 Å². The van der Waals surface area contributed by atoms with Crippen LogP contribution in [0.4, 0.5) is 9.57 Å². The number of imide groups is 1. The molecular weight excluding hydrogens is 317 g/mol. The zero-order valence-electron chi connectivity index (χ0n) is 12.7. The first-order valence-corrected chi connectivity index (χ1v) is 8.62. The van der Waals surface area contributed by atoms with Crippen LogP contribution in [0.15, 0.2) is 23.1 Å². The molecule has 2 heterocycles. The van der Waals surface area contributed by atoms with E-state index in [0.29, 0.717) is 29.3 Å². The lowest BCUT2D eigenvalue weighted by atomic mass is 9.90. The molecule has 3 rings (SSSR count). The highest BCUT2D eigenvalue weighted by molar-refractivity contribution is 7.94. The molecule has 0 spiro atoms. The topological polar surface area (TPSA) is 70.2 Å². The maximum atomic E-state index is 13.4. The standard InChI is InChI=1S/C16H20FN3O2S/c17-23-14-9-11(19-13-3-4-15(21)20-16(13)22)1-2-12(14)10-5-7-18-8-6-10/h1-2,9-10,13,18-19H,3-8H2,(H,20,21,22). The fourth-order valence-electron chi connectivity index (χ4n) is 3.19. The molecule has 0 aliphatic carbocycles. The summed E-state index contributed by atoms with van der Waals surface area (Å²) in [5.41, 5.74) is 1.74. The van der Waals surface area contributed by atoms with Gasteiger partial charge in [0.15, 0.2) is 0 Å². The third-order valence-corrected chi connectivity index (χ3v) is 4.98. The van der Waals surface area contributed by atoms with Crippen LogP contribution in [-0.2, 0) is 9.59 Å². The fourth-order valence-corrected chi connectivity index (χ4v) is 3.69. The van der Waals surface area contributed by atoms with Gasteiger partial charge in [-0.2, -0.15) is 3.89 Å². The smallest absolute Gasteiger partial charge is 0.249 e. The lowest BCUT2D eigenvalue weighted by Crippen LogP contribution is -2.47. The summed E-state index contributed by atoms with van der Waals surface area (Å²) in [4.78, 5) is 23.6. The van der Waals surface area contributed by atoms with Crippen molar-refractivity contribution in [3.05, 3.63) is 23.8 Å². The van der Waals surface area contributed by atoms with Gasteiger partial charge in [-0.25, -0.2) is 0 Å². The highest BCUT2D eigenvalue weighted by Crippen LogP contribution is 2.36. The molecule has 0 bridgehead atoms. The number of carbonyl (C=O) groups is 2. The lowest BCUT2D eigenvalue weighted by molar-refractivity contribution is -0.133. The van der Waals surface area contributed by atoms with Crippen LogP contribution >= 0.6 is 12.1 Å². The molecule has 1 aromatic rings. The molecule has 2 aliphatic rings. The Balaban J connectivity index is 1.73. The normalized spacial score (nSPS) is 22.7. The van der Waals surface area contributed by atoms with Gasteiger partial charge in [0.05, 0.1) is 12.1 Å². The van der Waals surface area contributed by atoms with Crippen molar-refractivity contribution < 1.29 is 13.5 Å². The van der Waals surface area contributed by atoms with Gasteiger partial charge >= 0.3 is 0 Å². The largest absolute Gasteiger partial charge is 0.374 e. The van der Waals surface area contributed by atoms with E-state index in [-0.39, 0.29) is 24.0 Å². The van der Waals surface area contributed by atoms with Gasteiger partial charge in [0.2, 0.25) is 11.8 Å². The van der Waals surface area contributed by atoms with Gasteiger partial charge in [-0.1, -0.05) is 6.07 Å². The van der Waals surface area contributed by atoms with E-state index in [9.17, 15) is 13.5 Å². The van der Waals surface area contributed by atoms with Gasteiger partial charge < -0.3 is 10.6 Å². The number of anilines is 1. The summed E-state index contributed by atoms with van der Waals surface area (Å²) < 4.78 is 13.4. The number of rotatable bonds is 4. The zero-order valence-corrected chi connectivity index (χ0v) is 13.5. The molecule has 3 N–H and O–H groups in total. The van der Waals surface area contributed by atoms with E-state index in [1.165, 1.54) is 0 Å². The van der Waals surface area contributed by atoms with Crippen LogP contribution < -0.4 is 16.0 Å². The molecule has 2 amide bonds. The summed E-state index contributed by atoms with van der Waals surface area (Å²) in [6, 6.07) is 5.15. The first-order valence-electron chi connectivity index (χ1n) is 7.91. The number of hydrogen-bond donors (Lipinski definition) is 3. The zero-order chi connectivity index (χ0) is 16.2. The maximum absolute atomic E-state index is 13.4. The molecule has 2 saturated heterocycles. The van der Waals surface area contributed by atoms with Gasteiger partial charge in [-0.05, 0) is 56.0 Å². The molecule has 5 nitrogen and oxygen atoms in total. The van der Waals surface area contributed by atoms with Gasteiger partial charge in [-0.15, -0.1) is 0 Å². The van der Waals surface area contributed by atoms with Crippen LogP contribution in [0.1, 0.15) is 37.2 Å². The van der Waals surface area contributed by atoms with Crippen molar-refractivity contribution in [1.29, 1.82) is 0 Å². The van der Waals surface area contributed by atoms with Crippen LogP contribution in [0.3, 0.4) is 0 Å². The maximum Gasteiger partial charge on any atom is 0.249 e. The summed E-state index contributed by atoms with van der Waals surface area (Å²) in [7, 11) is 0. The van der Waals surface area contributed by atoms with Crippen molar-refractivity contribution in [3.8, 4) is 0 Å². The molecule has 0 radical (unpaired) electrons. The Morgan fingerprint density at radius 3 is 2.65 bits per heavy atom. The Labute approximate surface area is 139 Å². The number of hydrogen-bond acceptors (Lipinski definition) is 5. The highest BCUT2D eigenvalue weighted by Gasteiger charge is 2.26. The molecule has 2 aliphatic heterocycles. The van der Waals surface area contributed by atoms with Crippen LogP contribution in [0.2, 0.25) is 0 Å². The quantitative estimate of drug-likeness (QED) is 0.736. The molecule has 0 aromatic heterocycles. The molecule has 1 aromatic carbocycles. The predicted molar refractivity (Wildman–Crippen MR) is 88.0 cm³/mol. The van der Waals surface area contributed by atoms with Gasteiger partial charge in [0, 0.05) is 17.0 Å². The Morgan fingerprint density at radius 1 is 1.17 bits per heavy atom. The molecule has 1 atom stereocenters. The van der Waals surface area contributed by atoms with E-state index < -0.39 is 6.04 Å². The summed E-state index contributed by atoms with van der Waals surface area (Å²) in [5, 5.41) is 8.73. The first-order chi connectivity index (χ1) is 11.2. The lowest BCUT2D eigenvalue weighted by Gasteiger charge is -2.26. The average molecular weight is 337 g/mol. The third-order valence-electron chi connectivity index (χ3n) is 4.46. The Kier molecular flexibility index (Phi) is 5.17. The number of benzene rings is 1. The average Bonchev–Trinajstić information content (AvgIpc) is 2.58. The van der Waals surface area contributed by atoms with Crippen molar-refractivity contribution in [3.63, 3.8) is 0 Å². The summed E-state index contributed by atoms with van der Waals surface area (Å²) >= 11 is 0.251. The Hall–Kier alpha value is -1.60. The highest BCUT2D eigenvalue weighted by atomic mass is 32.2. The number of carbonyl (C=O) groups excluding carboxylic acids is 2. The first kappa shape index (κ1) is 16.3. The van der Waals surface area contributed by atoms with Gasteiger partial charge in [-0.3, -0.25) is 14.9 Å².